The van der Waals surface area contributed by atoms with Crippen LogP contribution in [-0.4, -0.2) is 31.1 Å². The summed E-state index contributed by atoms with van der Waals surface area (Å²) >= 11 is 0. The number of hydrogen-bond acceptors (Lipinski definition) is 4. The van der Waals surface area contributed by atoms with Crippen molar-refractivity contribution in [2.75, 3.05) is 13.2 Å². The molecule has 2 aliphatic heterocycles. The Hall–Kier alpha value is -1.86. The van der Waals surface area contributed by atoms with Crippen LogP contribution >= 0.6 is 0 Å². The Bertz CT molecular complexity index is 829. The third kappa shape index (κ3) is 2.86. The van der Waals surface area contributed by atoms with Crippen molar-refractivity contribution in [1.82, 2.24) is 14.3 Å². The van der Waals surface area contributed by atoms with Gasteiger partial charge in [0.15, 0.2) is 0 Å². The zero-order valence-corrected chi connectivity index (χ0v) is 13.6. The highest BCUT2D eigenvalue weighted by molar-refractivity contribution is 7.89. The highest BCUT2D eigenvalue weighted by atomic mass is 32.2. The van der Waals surface area contributed by atoms with E-state index in [0.29, 0.717) is 18.0 Å². The van der Waals surface area contributed by atoms with Gasteiger partial charge in [-0.1, -0.05) is 0 Å². The van der Waals surface area contributed by atoms with Crippen LogP contribution in [-0.2, 0) is 29.4 Å². The second-order valence-electron chi connectivity index (χ2n) is 6.12. The molecule has 0 unspecified atom stereocenters. The Balaban J connectivity index is 1.44. The van der Waals surface area contributed by atoms with Crippen molar-refractivity contribution in [2.24, 2.45) is 5.92 Å². The van der Waals surface area contributed by atoms with Gasteiger partial charge in [-0.3, -0.25) is 0 Å². The molecule has 2 aliphatic rings. The number of benzene rings is 1. The molecule has 0 saturated carbocycles. The average Bonchev–Trinajstić information content (AvgIpc) is 3.20. The van der Waals surface area contributed by atoms with Crippen LogP contribution in [0.25, 0.3) is 0 Å². The van der Waals surface area contributed by atoms with Gasteiger partial charge in [-0.05, 0) is 36.1 Å². The van der Waals surface area contributed by atoms with E-state index < -0.39 is 10.0 Å². The second kappa shape index (κ2) is 5.65. The molecule has 4 rings (SSSR count). The minimum Gasteiger partial charge on any atom is -0.493 e. The quantitative estimate of drug-likeness (QED) is 0.917. The van der Waals surface area contributed by atoms with Gasteiger partial charge in [0.25, 0.3) is 0 Å². The van der Waals surface area contributed by atoms with Crippen LogP contribution < -0.4 is 9.46 Å². The predicted molar refractivity (Wildman–Crippen MR) is 84.9 cm³/mol. The highest BCUT2D eigenvalue weighted by Gasteiger charge is 2.23. The van der Waals surface area contributed by atoms with Gasteiger partial charge in [-0.15, -0.1) is 0 Å². The molecular weight excluding hydrogens is 314 g/mol. The number of ether oxygens (including phenoxy) is 1. The standard InChI is InChI=1S/C16H19N3O3S/c20-23(21,14-1-2-15-13(10-14)4-8-22-15)18-11-12-3-6-19-7-5-17-16(19)9-12/h1-2,5,7,10,12,18H,3-4,6,8-9,11H2/t12-/m1/s1. The summed E-state index contributed by atoms with van der Waals surface area (Å²) in [6.45, 7) is 1.97. The third-order valence-corrected chi connectivity index (χ3v) is 6.01. The van der Waals surface area contributed by atoms with Crippen molar-refractivity contribution in [2.45, 2.75) is 30.7 Å². The van der Waals surface area contributed by atoms with E-state index in [4.69, 9.17) is 4.74 Å². The molecule has 1 atom stereocenters. The molecule has 2 aromatic rings. The van der Waals surface area contributed by atoms with E-state index in [2.05, 4.69) is 14.3 Å². The molecule has 0 saturated heterocycles. The van der Waals surface area contributed by atoms with Crippen LogP contribution in [0, 0.1) is 5.92 Å². The number of rotatable bonds is 4. The second-order valence-corrected chi connectivity index (χ2v) is 7.88. The van der Waals surface area contributed by atoms with Crippen molar-refractivity contribution in [3.8, 4) is 5.75 Å². The first-order valence-electron chi connectivity index (χ1n) is 7.87. The van der Waals surface area contributed by atoms with Crippen LogP contribution in [0.4, 0.5) is 0 Å². The van der Waals surface area contributed by atoms with Crippen LogP contribution in [0.1, 0.15) is 17.8 Å². The largest absolute Gasteiger partial charge is 0.493 e. The summed E-state index contributed by atoms with van der Waals surface area (Å²) in [4.78, 5) is 4.64. The summed E-state index contributed by atoms with van der Waals surface area (Å²) in [6, 6.07) is 5.08. The Morgan fingerprint density at radius 3 is 3.22 bits per heavy atom. The van der Waals surface area contributed by atoms with Gasteiger partial charge in [0.2, 0.25) is 10.0 Å². The molecule has 0 fully saturated rings. The Labute approximate surface area is 135 Å². The summed E-state index contributed by atoms with van der Waals surface area (Å²) in [5.74, 6) is 2.12. The predicted octanol–water partition coefficient (Wildman–Crippen LogP) is 1.36. The van der Waals surface area contributed by atoms with Crippen molar-refractivity contribution in [3.63, 3.8) is 0 Å². The van der Waals surface area contributed by atoms with E-state index in [9.17, 15) is 8.42 Å². The lowest BCUT2D eigenvalue weighted by Crippen LogP contribution is -2.33. The Kier molecular flexibility index (Phi) is 3.61. The molecular formula is C16H19N3O3S. The van der Waals surface area contributed by atoms with Gasteiger partial charge in [-0.25, -0.2) is 18.1 Å². The SMILES string of the molecule is O=S(=O)(NC[C@@H]1CCn2ccnc2C1)c1ccc2c(c1)CCO2. The molecule has 1 N–H and O–H groups in total. The molecule has 1 aromatic carbocycles. The van der Waals surface area contributed by atoms with Crippen molar-refractivity contribution in [1.29, 1.82) is 0 Å². The van der Waals surface area contributed by atoms with E-state index in [1.165, 1.54) is 0 Å². The summed E-state index contributed by atoms with van der Waals surface area (Å²) < 4.78 is 35.3. The molecule has 0 spiro atoms. The number of nitrogens with zero attached hydrogens (tertiary/aromatic N) is 2. The van der Waals surface area contributed by atoms with Gasteiger partial charge >= 0.3 is 0 Å². The average molecular weight is 333 g/mol. The first kappa shape index (κ1) is 14.7. The maximum Gasteiger partial charge on any atom is 0.240 e. The zero-order chi connectivity index (χ0) is 15.9. The number of hydrogen-bond donors (Lipinski definition) is 1. The molecule has 0 amide bonds. The monoisotopic (exact) mass is 333 g/mol. The Morgan fingerprint density at radius 1 is 1.39 bits per heavy atom. The van der Waals surface area contributed by atoms with Gasteiger partial charge in [0.05, 0.1) is 11.5 Å². The van der Waals surface area contributed by atoms with E-state index in [-0.39, 0.29) is 5.92 Å². The van der Waals surface area contributed by atoms with Crippen LogP contribution in [0.2, 0.25) is 0 Å². The van der Waals surface area contributed by atoms with Crippen molar-refractivity contribution < 1.29 is 13.2 Å². The van der Waals surface area contributed by atoms with Gasteiger partial charge in [-0.2, -0.15) is 0 Å². The van der Waals surface area contributed by atoms with E-state index >= 15 is 0 Å². The lowest BCUT2D eigenvalue weighted by molar-refractivity contribution is 0.356. The molecule has 0 bridgehead atoms. The number of aromatic nitrogens is 2. The highest BCUT2D eigenvalue weighted by Crippen LogP contribution is 2.27. The van der Waals surface area contributed by atoms with E-state index in [1.54, 1.807) is 24.4 Å². The number of sulfonamides is 1. The molecule has 122 valence electrons. The summed E-state index contributed by atoms with van der Waals surface area (Å²) in [5.41, 5.74) is 0.965. The van der Waals surface area contributed by atoms with E-state index in [1.807, 2.05) is 6.20 Å². The molecule has 6 nitrogen and oxygen atoms in total. The third-order valence-electron chi connectivity index (χ3n) is 4.58. The number of fused-ring (bicyclic) bond motifs is 2. The lowest BCUT2D eigenvalue weighted by atomic mass is 9.98. The summed E-state index contributed by atoms with van der Waals surface area (Å²) in [6.07, 6.45) is 6.32. The zero-order valence-electron chi connectivity index (χ0n) is 12.7. The normalized spacial score (nSPS) is 19.9. The molecule has 7 heteroatoms. The maximum atomic E-state index is 12.5. The Morgan fingerprint density at radius 2 is 2.30 bits per heavy atom. The lowest BCUT2D eigenvalue weighted by Gasteiger charge is -2.23. The summed E-state index contributed by atoms with van der Waals surface area (Å²) in [5, 5.41) is 0. The van der Waals surface area contributed by atoms with Crippen LogP contribution in [0.5, 0.6) is 5.75 Å². The van der Waals surface area contributed by atoms with Crippen molar-refractivity contribution in [3.05, 3.63) is 42.0 Å². The minimum absolute atomic E-state index is 0.289. The van der Waals surface area contributed by atoms with Crippen LogP contribution in [0.3, 0.4) is 0 Å². The van der Waals surface area contributed by atoms with Crippen molar-refractivity contribution >= 4 is 10.0 Å². The number of aryl methyl sites for hydroxylation is 1. The molecule has 1 aromatic heterocycles. The minimum atomic E-state index is -3.48. The maximum absolute atomic E-state index is 12.5. The molecule has 23 heavy (non-hydrogen) atoms. The fourth-order valence-corrected chi connectivity index (χ4v) is 4.40. The van der Waals surface area contributed by atoms with Gasteiger partial charge in [0, 0.05) is 38.3 Å². The van der Waals surface area contributed by atoms with E-state index in [0.717, 1.165) is 42.9 Å². The summed E-state index contributed by atoms with van der Waals surface area (Å²) in [7, 11) is -3.48. The molecule has 0 radical (unpaired) electrons. The first-order chi connectivity index (χ1) is 11.1. The fourth-order valence-electron chi connectivity index (χ4n) is 3.23. The fraction of sp³-hybridized carbons (Fsp3) is 0.438. The smallest absolute Gasteiger partial charge is 0.240 e. The molecule has 3 heterocycles. The number of nitrogens with one attached hydrogen (secondary N) is 1. The van der Waals surface area contributed by atoms with Crippen LogP contribution in [0.15, 0.2) is 35.5 Å². The van der Waals surface area contributed by atoms with Gasteiger partial charge in [0.1, 0.15) is 11.6 Å². The topological polar surface area (TPSA) is 73.2 Å². The first-order valence-corrected chi connectivity index (χ1v) is 9.35. The molecule has 0 aliphatic carbocycles. The number of imidazole rings is 1. The van der Waals surface area contributed by atoms with Gasteiger partial charge < -0.3 is 9.30 Å².